The Labute approximate surface area is 234 Å². The van der Waals surface area contributed by atoms with E-state index in [1.165, 1.54) is 14.2 Å². The van der Waals surface area contributed by atoms with Gasteiger partial charge in [-0.2, -0.15) is 0 Å². The highest BCUT2D eigenvalue weighted by molar-refractivity contribution is 6.13. The molecule has 9 nitrogen and oxygen atoms in total. The molecule has 0 radical (unpaired) electrons. The Morgan fingerprint density at radius 2 is 1.57 bits per heavy atom. The van der Waals surface area contributed by atoms with Crippen molar-refractivity contribution in [1.29, 1.82) is 0 Å². The quantitative estimate of drug-likeness (QED) is 0.359. The average molecular weight is 550 g/mol. The fourth-order valence-electron chi connectivity index (χ4n) is 5.66. The minimum absolute atomic E-state index is 0.117. The van der Waals surface area contributed by atoms with E-state index in [0.717, 1.165) is 5.56 Å². The molecule has 0 saturated carbocycles. The van der Waals surface area contributed by atoms with Crippen LogP contribution in [0.25, 0.3) is 0 Å². The van der Waals surface area contributed by atoms with Crippen LogP contribution < -0.4 is 19.5 Å². The Hall–Kier alpha value is -4.27. The number of hydrogen-bond donors (Lipinski definition) is 1. The summed E-state index contributed by atoms with van der Waals surface area (Å²) in [5, 5.41) is 3.31. The number of Topliss-reactive ketones (excluding diaryl/α,β-unsaturated/α-hetero) is 1. The van der Waals surface area contributed by atoms with Gasteiger partial charge in [-0.1, -0.05) is 18.2 Å². The second kappa shape index (κ2) is 12.3. The van der Waals surface area contributed by atoms with Crippen molar-refractivity contribution in [3.8, 4) is 17.2 Å². The molecular formula is C31H35NO8. The van der Waals surface area contributed by atoms with Gasteiger partial charge >= 0.3 is 11.9 Å². The SMILES string of the molecule is CCOC(=O)C1=C(C)NC2=C(C(=O)C(C(=O)OCC)C(c3ccccc3OC)C2)C1c1cc(OC)ccc1OC. The lowest BCUT2D eigenvalue weighted by Gasteiger charge is -2.40. The number of ketones is 1. The number of para-hydroxylation sites is 1. The Balaban J connectivity index is 1.98. The molecule has 2 aromatic rings. The van der Waals surface area contributed by atoms with Crippen LogP contribution in [0.5, 0.6) is 17.2 Å². The fourth-order valence-corrected chi connectivity index (χ4v) is 5.66. The maximum absolute atomic E-state index is 14.5. The van der Waals surface area contributed by atoms with Gasteiger partial charge in [0.25, 0.3) is 0 Å². The minimum atomic E-state index is -1.15. The highest BCUT2D eigenvalue weighted by Crippen LogP contribution is 2.51. The summed E-state index contributed by atoms with van der Waals surface area (Å²) in [5.74, 6) is -2.67. The van der Waals surface area contributed by atoms with Gasteiger partial charge < -0.3 is 29.0 Å². The number of carbonyl (C=O) groups excluding carboxylic acids is 3. The van der Waals surface area contributed by atoms with Gasteiger partial charge in [-0.3, -0.25) is 9.59 Å². The molecule has 0 saturated heterocycles. The second-order valence-electron chi connectivity index (χ2n) is 9.46. The molecule has 1 heterocycles. The summed E-state index contributed by atoms with van der Waals surface area (Å²) in [6, 6.07) is 12.5. The smallest absolute Gasteiger partial charge is 0.336 e. The van der Waals surface area contributed by atoms with Crippen molar-refractivity contribution in [3.05, 3.63) is 76.1 Å². The molecule has 1 N–H and O–H groups in total. The normalized spacial score (nSPS) is 20.4. The first-order chi connectivity index (χ1) is 19.3. The molecule has 40 heavy (non-hydrogen) atoms. The first-order valence-electron chi connectivity index (χ1n) is 13.2. The van der Waals surface area contributed by atoms with E-state index in [1.54, 1.807) is 52.1 Å². The predicted octanol–water partition coefficient (Wildman–Crippen LogP) is 4.43. The van der Waals surface area contributed by atoms with Gasteiger partial charge in [0.15, 0.2) is 5.78 Å². The zero-order valence-corrected chi connectivity index (χ0v) is 23.7. The minimum Gasteiger partial charge on any atom is -0.497 e. The number of nitrogens with one attached hydrogen (secondary N) is 1. The number of hydrogen-bond acceptors (Lipinski definition) is 9. The highest BCUT2D eigenvalue weighted by atomic mass is 16.5. The van der Waals surface area contributed by atoms with Gasteiger partial charge in [-0.25, -0.2) is 4.79 Å². The van der Waals surface area contributed by atoms with Gasteiger partial charge in [0, 0.05) is 28.4 Å². The van der Waals surface area contributed by atoms with Crippen molar-refractivity contribution in [2.75, 3.05) is 34.5 Å². The van der Waals surface area contributed by atoms with E-state index in [9.17, 15) is 14.4 Å². The van der Waals surface area contributed by atoms with Crippen molar-refractivity contribution in [2.45, 2.75) is 39.0 Å². The second-order valence-corrected chi connectivity index (χ2v) is 9.46. The van der Waals surface area contributed by atoms with Gasteiger partial charge in [0.05, 0.1) is 46.0 Å². The molecule has 1 aliphatic carbocycles. The molecule has 0 bridgehead atoms. The Morgan fingerprint density at radius 3 is 2.23 bits per heavy atom. The summed E-state index contributed by atoms with van der Waals surface area (Å²) in [6.07, 6.45) is 0.307. The maximum atomic E-state index is 14.5. The zero-order valence-electron chi connectivity index (χ0n) is 23.7. The number of esters is 2. The molecule has 1 aliphatic heterocycles. The number of ether oxygens (including phenoxy) is 5. The maximum Gasteiger partial charge on any atom is 0.336 e. The van der Waals surface area contributed by atoms with E-state index in [4.69, 9.17) is 23.7 Å². The molecular weight excluding hydrogens is 514 g/mol. The first-order valence-corrected chi connectivity index (χ1v) is 13.2. The monoisotopic (exact) mass is 549 g/mol. The molecule has 0 spiro atoms. The van der Waals surface area contributed by atoms with Gasteiger partial charge in [-0.05, 0) is 57.0 Å². The van der Waals surface area contributed by atoms with Crippen LogP contribution in [0.4, 0.5) is 0 Å². The Bertz CT molecular complexity index is 1380. The topological polar surface area (TPSA) is 109 Å². The molecule has 0 aromatic heterocycles. The van der Waals surface area contributed by atoms with Gasteiger partial charge in [0.1, 0.15) is 23.2 Å². The summed E-state index contributed by atoms with van der Waals surface area (Å²) in [5.41, 5.74) is 2.99. The van der Waals surface area contributed by atoms with E-state index in [-0.39, 0.29) is 18.8 Å². The molecule has 0 fully saturated rings. The van der Waals surface area contributed by atoms with Crippen LogP contribution in [0, 0.1) is 5.92 Å². The fraction of sp³-hybridized carbons (Fsp3) is 0.387. The Kier molecular flexibility index (Phi) is 8.82. The molecule has 2 aromatic carbocycles. The van der Waals surface area contributed by atoms with E-state index < -0.39 is 35.5 Å². The lowest BCUT2D eigenvalue weighted by atomic mass is 9.67. The number of allylic oxidation sites excluding steroid dienone is 3. The highest BCUT2D eigenvalue weighted by Gasteiger charge is 2.50. The van der Waals surface area contributed by atoms with E-state index in [2.05, 4.69) is 5.32 Å². The number of rotatable bonds is 9. The summed E-state index contributed by atoms with van der Waals surface area (Å²) in [6.45, 7) is 5.46. The van der Waals surface area contributed by atoms with Crippen LogP contribution in [0.3, 0.4) is 0 Å². The molecule has 2 aliphatic rings. The number of benzene rings is 2. The van der Waals surface area contributed by atoms with Crippen molar-refractivity contribution in [3.63, 3.8) is 0 Å². The molecule has 9 heteroatoms. The van der Waals surface area contributed by atoms with Crippen LogP contribution in [-0.2, 0) is 23.9 Å². The third-order valence-corrected chi connectivity index (χ3v) is 7.34. The number of dihydropyridines is 1. The molecule has 3 unspecified atom stereocenters. The third-order valence-electron chi connectivity index (χ3n) is 7.34. The van der Waals surface area contributed by atoms with Crippen LogP contribution in [0.2, 0.25) is 0 Å². The van der Waals surface area contributed by atoms with E-state index in [1.807, 2.05) is 18.2 Å². The van der Waals surface area contributed by atoms with Crippen LogP contribution in [-0.4, -0.2) is 52.3 Å². The number of carbonyl (C=O) groups is 3. The summed E-state index contributed by atoms with van der Waals surface area (Å²) in [4.78, 5) is 41.4. The lowest BCUT2D eigenvalue weighted by Crippen LogP contribution is -2.43. The van der Waals surface area contributed by atoms with Crippen molar-refractivity contribution < 1.29 is 38.1 Å². The van der Waals surface area contributed by atoms with Gasteiger partial charge in [0.2, 0.25) is 0 Å². The predicted molar refractivity (Wildman–Crippen MR) is 147 cm³/mol. The summed E-state index contributed by atoms with van der Waals surface area (Å²) in [7, 11) is 4.60. The van der Waals surface area contributed by atoms with Crippen LogP contribution in [0.15, 0.2) is 65.0 Å². The molecule has 0 amide bonds. The van der Waals surface area contributed by atoms with Gasteiger partial charge in [-0.15, -0.1) is 0 Å². The zero-order chi connectivity index (χ0) is 29.0. The Morgan fingerprint density at radius 1 is 0.900 bits per heavy atom. The van der Waals surface area contributed by atoms with Crippen LogP contribution in [0.1, 0.15) is 50.2 Å². The van der Waals surface area contributed by atoms with E-state index in [0.29, 0.717) is 46.2 Å². The lowest BCUT2D eigenvalue weighted by molar-refractivity contribution is -0.152. The largest absolute Gasteiger partial charge is 0.497 e. The first kappa shape index (κ1) is 28.7. The average Bonchev–Trinajstić information content (AvgIpc) is 2.96. The van der Waals surface area contributed by atoms with Crippen molar-refractivity contribution in [2.24, 2.45) is 5.92 Å². The molecule has 4 rings (SSSR count). The van der Waals surface area contributed by atoms with Crippen molar-refractivity contribution in [1.82, 2.24) is 5.32 Å². The van der Waals surface area contributed by atoms with Crippen LogP contribution >= 0.6 is 0 Å². The number of methoxy groups -OCH3 is 3. The summed E-state index contributed by atoms with van der Waals surface area (Å²) < 4.78 is 27.6. The third kappa shape index (κ3) is 5.15. The summed E-state index contributed by atoms with van der Waals surface area (Å²) >= 11 is 0. The standard InChI is InChI=1S/C31H35NO8/c1-7-39-30(34)25-17(3)32-22-16-20(19-11-9-10-12-23(19)37-5)27(31(35)40-8-2)29(33)28(22)26(25)21-15-18(36-4)13-14-24(21)38-6/h9-15,20,26-27,32H,7-8,16H2,1-6H3. The molecule has 212 valence electrons. The van der Waals surface area contributed by atoms with Crippen molar-refractivity contribution >= 4 is 17.7 Å². The molecule has 3 atom stereocenters. The van der Waals surface area contributed by atoms with E-state index >= 15 is 0 Å².